The standard InChI is InChI=1S/C9H13N3OS/c1-6-11-12-9(14-6)3-7-2-8(13)5-10-4-7/h2,8,10,13H,3-5H2,1H3. The molecule has 5 heteroatoms. The first-order valence-corrected chi connectivity index (χ1v) is 5.43. The van der Waals surface area contributed by atoms with Crippen LogP contribution in [-0.2, 0) is 6.42 Å². The molecule has 0 amide bonds. The Morgan fingerprint density at radius 3 is 3.14 bits per heavy atom. The maximum absolute atomic E-state index is 9.39. The van der Waals surface area contributed by atoms with Crippen molar-refractivity contribution in [2.24, 2.45) is 0 Å². The fourth-order valence-electron chi connectivity index (χ4n) is 1.50. The fraction of sp³-hybridized carbons (Fsp3) is 0.556. The van der Waals surface area contributed by atoms with Crippen LogP contribution in [0.5, 0.6) is 0 Å². The number of β-amino-alcohol motifs (C(OH)–C–C–N with tert-alkyl or cyclic N) is 1. The van der Waals surface area contributed by atoms with Gasteiger partial charge in [0.1, 0.15) is 10.0 Å². The zero-order chi connectivity index (χ0) is 9.97. The fourth-order valence-corrected chi connectivity index (χ4v) is 2.26. The summed E-state index contributed by atoms with van der Waals surface area (Å²) in [6, 6.07) is 0. The molecule has 1 aliphatic rings. The minimum absolute atomic E-state index is 0.354. The maximum Gasteiger partial charge on any atom is 0.121 e. The Labute approximate surface area is 86.7 Å². The van der Waals surface area contributed by atoms with Gasteiger partial charge in [0.2, 0.25) is 0 Å². The van der Waals surface area contributed by atoms with Crippen molar-refractivity contribution in [2.75, 3.05) is 13.1 Å². The summed E-state index contributed by atoms with van der Waals surface area (Å²) in [5.74, 6) is 0. The van der Waals surface area contributed by atoms with E-state index in [1.54, 1.807) is 11.3 Å². The molecule has 14 heavy (non-hydrogen) atoms. The highest BCUT2D eigenvalue weighted by Gasteiger charge is 2.11. The maximum atomic E-state index is 9.39. The van der Waals surface area contributed by atoms with Gasteiger partial charge in [0, 0.05) is 19.5 Å². The van der Waals surface area contributed by atoms with Gasteiger partial charge in [-0.25, -0.2) is 0 Å². The first-order chi connectivity index (χ1) is 6.74. The molecule has 0 saturated heterocycles. The number of hydrogen-bond acceptors (Lipinski definition) is 5. The minimum atomic E-state index is -0.354. The van der Waals surface area contributed by atoms with Gasteiger partial charge in [-0.3, -0.25) is 0 Å². The lowest BCUT2D eigenvalue weighted by molar-refractivity contribution is 0.213. The Hall–Kier alpha value is -0.780. The van der Waals surface area contributed by atoms with Crippen molar-refractivity contribution in [3.63, 3.8) is 0 Å². The molecule has 1 unspecified atom stereocenters. The summed E-state index contributed by atoms with van der Waals surface area (Å²) < 4.78 is 0. The highest BCUT2D eigenvalue weighted by molar-refractivity contribution is 7.11. The smallest absolute Gasteiger partial charge is 0.121 e. The quantitative estimate of drug-likeness (QED) is 0.690. The Morgan fingerprint density at radius 1 is 1.64 bits per heavy atom. The van der Waals surface area contributed by atoms with Crippen LogP contribution in [0.1, 0.15) is 10.0 Å². The largest absolute Gasteiger partial charge is 0.388 e. The molecule has 4 nitrogen and oxygen atoms in total. The molecule has 0 fully saturated rings. The minimum Gasteiger partial charge on any atom is -0.388 e. The molecule has 0 radical (unpaired) electrons. The van der Waals surface area contributed by atoms with Gasteiger partial charge in [-0.15, -0.1) is 21.5 Å². The van der Waals surface area contributed by atoms with E-state index in [1.165, 1.54) is 5.57 Å². The van der Waals surface area contributed by atoms with Gasteiger partial charge in [0.05, 0.1) is 6.10 Å². The van der Waals surface area contributed by atoms with E-state index in [-0.39, 0.29) is 6.10 Å². The van der Waals surface area contributed by atoms with Crippen molar-refractivity contribution in [3.05, 3.63) is 21.7 Å². The van der Waals surface area contributed by atoms with E-state index in [9.17, 15) is 5.11 Å². The molecule has 0 aliphatic carbocycles. The number of aliphatic hydroxyl groups is 1. The zero-order valence-electron chi connectivity index (χ0n) is 8.03. The summed E-state index contributed by atoms with van der Waals surface area (Å²) in [4.78, 5) is 0. The van der Waals surface area contributed by atoms with Crippen LogP contribution in [-0.4, -0.2) is 34.5 Å². The molecule has 2 rings (SSSR count). The first-order valence-electron chi connectivity index (χ1n) is 4.61. The van der Waals surface area contributed by atoms with Crippen molar-refractivity contribution < 1.29 is 5.11 Å². The lowest BCUT2D eigenvalue weighted by Gasteiger charge is -2.17. The third kappa shape index (κ3) is 2.37. The SMILES string of the molecule is Cc1nnc(CC2=CC(O)CNC2)s1. The van der Waals surface area contributed by atoms with Gasteiger partial charge in [0.15, 0.2) is 0 Å². The number of hydrogen-bond donors (Lipinski definition) is 2. The molecule has 0 aromatic carbocycles. The summed E-state index contributed by atoms with van der Waals surface area (Å²) in [6.07, 6.45) is 2.36. The Morgan fingerprint density at radius 2 is 2.50 bits per heavy atom. The normalized spacial score (nSPS) is 22.1. The number of rotatable bonds is 2. The average Bonchev–Trinajstić information content (AvgIpc) is 2.51. The molecular formula is C9H13N3OS. The van der Waals surface area contributed by atoms with Gasteiger partial charge < -0.3 is 10.4 Å². The molecule has 1 aromatic rings. The van der Waals surface area contributed by atoms with E-state index in [2.05, 4.69) is 15.5 Å². The summed E-state index contributed by atoms with van der Waals surface area (Å²) in [6.45, 7) is 3.44. The van der Waals surface area contributed by atoms with Crippen LogP contribution in [0.25, 0.3) is 0 Å². The van der Waals surface area contributed by atoms with Crippen LogP contribution in [0.3, 0.4) is 0 Å². The molecule has 1 atom stereocenters. The van der Waals surface area contributed by atoms with Crippen LogP contribution in [0, 0.1) is 6.92 Å². The van der Waals surface area contributed by atoms with E-state index < -0.39 is 0 Å². The predicted octanol–water partition coefficient (Wildman–Crippen LogP) is 0.280. The van der Waals surface area contributed by atoms with E-state index in [1.807, 2.05) is 13.0 Å². The summed E-state index contributed by atoms with van der Waals surface area (Å²) >= 11 is 1.61. The second-order valence-electron chi connectivity index (χ2n) is 3.41. The number of nitrogens with zero attached hydrogens (tertiary/aromatic N) is 2. The first kappa shape index (κ1) is 9.76. The van der Waals surface area contributed by atoms with Crippen molar-refractivity contribution in [2.45, 2.75) is 19.4 Å². The monoisotopic (exact) mass is 211 g/mol. The molecule has 0 spiro atoms. The van der Waals surface area contributed by atoms with Gasteiger partial charge in [-0.1, -0.05) is 11.6 Å². The van der Waals surface area contributed by atoms with Crippen molar-refractivity contribution >= 4 is 11.3 Å². The number of aliphatic hydroxyl groups excluding tert-OH is 1. The molecule has 0 bridgehead atoms. The average molecular weight is 211 g/mol. The van der Waals surface area contributed by atoms with Crippen LogP contribution < -0.4 is 5.32 Å². The Balaban J connectivity index is 2.03. The summed E-state index contributed by atoms with van der Waals surface area (Å²) in [5.41, 5.74) is 1.19. The van der Waals surface area contributed by atoms with Crippen molar-refractivity contribution in [3.8, 4) is 0 Å². The lowest BCUT2D eigenvalue weighted by Crippen LogP contribution is -2.32. The molecule has 2 N–H and O–H groups in total. The number of aryl methyl sites for hydroxylation is 1. The second kappa shape index (κ2) is 4.16. The third-order valence-electron chi connectivity index (χ3n) is 2.08. The highest BCUT2D eigenvalue weighted by Crippen LogP contribution is 2.14. The van der Waals surface area contributed by atoms with Gasteiger partial charge in [0.25, 0.3) is 0 Å². The van der Waals surface area contributed by atoms with E-state index >= 15 is 0 Å². The number of aromatic nitrogens is 2. The lowest BCUT2D eigenvalue weighted by atomic mass is 10.1. The van der Waals surface area contributed by atoms with Gasteiger partial charge in [-0.05, 0) is 6.92 Å². The molecular weight excluding hydrogens is 198 g/mol. The van der Waals surface area contributed by atoms with E-state index in [4.69, 9.17) is 0 Å². The third-order valence-corrected chi connectivity index (χ3v) is 2.92. The van der Waals surface area contributed by atoms with Gasteiger partial charge >= 0.3 is 0 Å². The topological polar surface area (TPSA) is 58.0 Å². The second-order valence-corrected chi connectivity index (χ2v) is 4.68. The van der Waals surface area contributed by atoms with Crippen LogP contribution in [0.2, 0.25) is 0 Å². The van der Waals surface area contributed by atoms with E-state index in [0.717, 1.165) is 23.0 Å². The summed E-state index contributed by atoms with van der Waals surface area (Å²) in [7, 11) is 0. The van der Waals surface area contributed by atoms with Crippen LogP contribution in [0.4, 0.5) is 0 Å². The zero-order valence-corrected chi connectivity index (χ0v) is 8.84. The van der Waals surface area contributed by atoms with Crippen molar-refractivity contribution in [1.82, 2.24) is 15.5 Å². The van der Waals surface area contributed by atoms with Crippen LogP contribution in [0.15, 0.2) is 11.6 Å². The summed E-state index contributed by atoms with van der Waals surface area (Å²) in [5, 5.41) is 22.6. The Kier molecular flexibility index (Phi) is 2.90. The molecule has 0 saturated carbocycles. The Bertz CT molecular complexity index is 348. The number of nitrogens with one attached hydrogen (secondary N) is 1. The predicted molar refractivity (Wildman–Crippen MR) is 55.3 cm³/mol. The van der Waals surface area contributed by atoms with Crippen molar-refractivity contribution in [1.29, 1.82) is 0 Å². The molecule has 2 heterocycles. The molecule has 1 aliphatic heterocycles. The molecule has 76 valence electrons. The van der Waals surface area contributed by atoms with E-state index in [0.29, 0.717) is 6.54 Å². The highest BCUT2D eigenvalue weighted by atomic mass is 32.1. The van der Waals surface area contributed by atoms with Crippen LogP contribution >= 0.6 is 11.3 Å². The van der Waals surface area contributed by atoms with Gasteiger partial charge in [-0.2, -0.15) is 0 Å². The molecule has 1 aromatic heterocycles.